The Bertz CT molecular complexity index is 471. The molecule has 1 aromatic carbocycles. The van der Waals surface area contributed by atoms with Crippen molar-refractivity contribution < 1.29 is 4.79 Å². The maximum atomic E-state index is 12.0. The van der Waals surface area contributed by atoms with E-state index in [0.717, 1.165) is 30.5 Å². The Hall–Kier alpha value is -1.07. The van der Waals surface area contributed by atoms with Gasteiger partial charge in [0.2, 0.25) is 0 Å². The van der Waals surface area contributed by atoms with E-state index in [1.165, 1.54) is 18.4 Å². The molecule has 2 heterocycles. The standard InChI is InChI=1S/C15H20BrN3O/c16-12-5-3-11(4-6-12)14-10-19(15(20)18-14)9-7-13-2-1-8-17-13/h3-6,13-14,17H,1-2,7-10H2,(H,18,20). The molecule has 2 fully saturated rings. The fourth-order valence-corrected chi connectivity index (χ4v) is 3.25. The summed E-state index contributed by atoms with van der Waals surface area (Å²) in [5.41, 5.74) is 1.17. The Morgan fingerprint density at radius 2 is 2.10 bits per heavy atom. The molecule has 0 spiro atoms. The molecule has 2 unspecified atom stereocenters. The summed E-state index contributed by atoms with van der Waals surface area (Å²) in [6.07, 6.45) is 3.56. The lowest BCUT2D eigenvalue weighted by Crippen LogP contribution is -2.33. The quantitative estimate of drug-likeness (QED) is 0.887. The molecule has 0 radical (unpaired) electrons. The lowest BCUT2D eigenvalue weighted by molar-refractivity contribution is 0.215. The monoisotopic (exact) mass is 337 g/mol. The molecule has 2 aliphatic heterocycles. The zero-order valence-corrected chi connectivity index (χ0v) is 13.0. The summed E-state index contributed by atoms with van der Waals surface area (Å²) < 4.78 is 1.06. The first-order valence-electron chi connectivity index (χ1n) is 7.26. The predicted octanol–water partition coefficient (Wildman–Crippen LogP) is 2.66. The molecular weight excluding hydrogens is 318 g/mol. The van der Waals surface area contributed by atoms with E-state index in [9.17, 15) is 4.79 Å². The lowest BCUT2D eigenvalue weighted by Gasteiger charge is -2.17. The third-order valence-electron chi connectivity index (χ3n) is 4.17. The number of urea groups is 1. The van der Waals surface area contributed by atoms with Crippen molar-refractivity contribution in [2.24, 2.45) is 0 Å². The van der Waals surface area contributed by atoms with Crippen LogP contribution in [0, 0.1) is 0 Å². The number of nitrogens with one attached hydrogen (secondary N) is 2. The van der Waals surface area contributed by atoms with Crippen LogP contribution in [0.1, 0.15) is 30.9 Å². The van der Waals surface area contributed by atoms with E-state index in [1.54, 1.807) is 0 Å². The van der Waals surface area contributed by atoms with E-state index in [2.05, 4.69) is 38.7 Å². The number of nitrogens with zero attached hydrogens (tertiary/aromatic N) is 1. The average molecular weight is 338 g/mol. The second-order valence-corrected chi connectivity index (χ2v) is 6.50. The van der Waals surface area contributed by atoms with Gasteiger partial charge in [0, 0.05) is 23.6 Å². The number of rotatable bonds is 4. The smallest absolute Gasteiger partial charge is 0.318 e. The first kappa shape index (κ1) is 13.9. The van der Waals surface area contributed by atoms with Crippen LogP contribution in [0.3, 0.4) is 0 Å². The number of benzene rings is 1. The number of amides is 2. The Labute approximate surface area is 128 Å². The molecule has 2 N–H and O–H groups in total. The van der Waals surface area contributed by atoms with Crippen LogP contribution in [0.2, 0.25) is 0 Å². The fourth-order valence-electron chi connectivity index (χ4n) is 2.98. The van der Waals surface area contributed by atoms with Crippen molar-refractivity contribution in [3.8, 4) is 0 Å². The molecule has 2 aliphatic rings. The molecule has 2 atom stereocenters. The minimum Gasteiger partial charge on any atom is -0.329 e. The molecule has 4 nitrogen and oxygen atoms in total. The molecule has 108 valence electrons. The highest BCUT2D eigenvalue weighted by Gasteiger charge is 2.30. The van der Waals surface area contributed by atoms with Crippen molar-refractivity contribution in [1.82, 2.24) is 15.5 Å². The van der Waals surface area contributed by atoms with Crippen LogP contribution in [0.5, 0.6) is 0 Å². The van der Waals surface area contributed by atoms with Crippen molar-refractivity contribution in [1.29, 1.82) is 0 Å². The van der Waals surface area contributed by atoms with E-state index >= 15 is 0 Å². The largest absolute Gasteiger partial charge is 0.329 e. The van der Waals surface area contributed by atoms with Crippen molar-refractivity contribution in [2.45, 2.75) is 31.3 Å². The van der Waals surface area contributed by atoms with Gasteiger partial charge in [-0.15, -0.1) is 0 Å². The van der Waals surface area contributed by atoms with Gasteiger partial charge in [-0.1, -0.05) is 28.1 Å². The Kier molecular flexibility index (Phi) is 4.27. The third kappa shape index (κ3) is 3.15. The van der Waals surface area contributed by atoms with E-state index in [0.29, 0.717) is 6.04 Å². The Morgan fingerprint density at radius 1 is 1.30 bits per heavy atom. The molecule has 20 heavy (non-hydrogen) atoms. The van der Waals surface area contributed by atoms with Crippen LogP contribution in [-0.2, 0) is 0 Å². The molecule has 0 aliphatic carbocycles. The zero-order valence-electron chi connectivity index (χ0n) is 11.4. The van der Waals surface area contributed by atoms with E-state index in [4.69, 9.17) is 0 Å². The number of hydrogen-bond acceptors (Lipinski definition) is 2. The summed E-state index contributed by atoms with van der Waals surface area (Å²) in [5.74, 6) is 0. The third-order valence-corrected chi connectivity index (χ3v) is 4.70. The Morgan fingerprint density at radius 3 is 2.80 bits per heavy atom. The normalized spacial score (nSPS) is 26.1. The maximum absolute atomic E-state index is 12.0. The van der Waals surface area contributed by atoms with Crippen LogP contribution in [0.25, 0.3) is 0 Å². The van der Waals surface area contributed by atoms with Gasteiger partial charge < -0.3 is 15.5 Å². The number of carbonyl (C=O) groups is 1. The lowest BCUT2D eigenvalue weighted by atomic mass is 10.1. The summed E-state index contributed by atoms with van der Waals surface area (Å²) in [6, 6.07) is 8.95. The summed E-state index contributed by atoms with van der Waals surface area (Å²) in [7, 11) is 0. The van der Waals surface area contributed by atoms with Gasteiger partial charge in [0.05, 0.1) is 6.04 Å². The molecular formula is C15H20BrN3O. The van der Waals surface area contributed by atoms with E-state index in [-0.39, 0.29) is 12.1 Å². The van der Waals surface area contributed by atoms with Crippen LogP contribution < -0.4 is 10.6 Å². The van der Waals surface area contributed by atoms with Crippen molar-refractivity contribution in [2.75, 3.05) is 19.6 Å². The molecule has 0 bridgehead atoms. The van der Waals surface area contributed by atoms with Crippen LogP contribution in [0.15, 0.2) is 28.7 Å². The molecule has 5 heteroatoms. The van der Waals surface area contributed by atoms with E-state index < -0.39 is 0 Å². The van der Waals surface area contributed by atoms with Crippen LogP contribution >= 0.6 is 15.9 Å². The van der Waals surface area contributed by atoms with Gasteiger partial charge in [0.25, 0.3) is 0 Å². The van der Waals surface area contributed by atoms with Crippen molar-refractivity contribution >= 4 is 22.0 Å². The molecule has 2 saturated heterocycles. The highest BCUT2D eigenvalue weighted by atomic mass is 79.9. The summed E-state index contributed by atoms with van der Waals surface area (Å²) in [6.45, 7) is 2.74. The van der Waals surface area contributed by atoms with Crippen LogP contribution in [0.4, 0.5) is 4.79 Å². The van der Waals surface area contributed by atoms with Crippen LogP contribution in [-0.4, -0.2) is 36.6 Å². The van der Waals surface area contributed by atoms with Crippen molar-refractivity contribution in [3.05, 3.63) is 34.3 Å². The topological polar surface area (TPSA) is 44.4 Å². The minimum absolute atomic E-state index is 0.0657. The molecule has 2 amide bonds. The van der Waals surface area contributed by atoms with Gasteiger partial charge in [-0.05, 0) is 43.5 Å². The first-order chi connectivity index (χ1) is 9.72. The fraction of sp³-hybridized carbons (Fsp3) is 0.533. The second kappa shape index (κ2) is 6.14. The second-order valence-electron chi connectivity index (χ2n) is 5.58. The van der Waals surface area contributed by atoms with Gasteiger partial charge in [-0.3, -0.25) is 0 Å². The van der Waals surface area contributed by atoms with E-state index in [1.807, 2.05) is 17.0 Å². The SMILES string of the molecule is O=C1NC(c2ccc(Br)cc2)CN1CCC1CCCN1. The number of hydrogen-bond donors (Lipinski definition) is 2. The molecule has 3 rings (SSSR count). The number of halogens is 1. The first-order valence-corrected chi connectivity index (χ1v) is 8.06. The number of carbonyl (C=O) groups excluding carboxylic acids is 1. The highest BCUT2D eigenvalue weighted by Crippen LogP contribution is 2.22. The molecule has 1 aromatic rings. The summed E-state index contributed by atoms with van der Waals surface area (Å²) in [4.78, 5) is 14.0. The van der Waals surface area contributed by atoms with Crippen molar-refractivity contribution in [3.63, 3.8) is 0 Å². The highest BCUT2D eigenvalue weighted by molar-refractivity contribution is 9.10. The maximum Gasteiger partial charge on any atom is 0.318 e. The zero-order chi connectivity index (χ0) is 13.9. The van der Waals surface area contributed by atoms with Gasteiger partial charge in [0.15, 0.2) is 0 Å². The van der Waals surface area contributed by atoms with Gasteiger partial charge in [0.1, 0.15) is 0 Å². The molecule has 0 aromatic heterocycles. The van der Waals surface area contributed by atoms with Gasteiger partial charge in [-0.2, -0.15) is 0 Å². The summed E-state index contributed by atoms with van der Waals surface area (Å²) >= 11 is 3.44. The summed E-state index contributed by atoms with van der Waals surface area (Å²) in [5, 5.41) is 6.55. The van der Waals surface area contributed by atoms with Gasteiger partial charge in [-0.25, -0.2) is 4.79 Å². The predicted molar refractivity (Wildman–Crippen MR) is 82.6 cm³/mol. The minimum atomic E-state index is 0.0657. The Balaban J connectivity index is 1.55. The average Bonchev–Trinajstić information content (AvgIpc) is 3.07. The van der Waals surface area contributed by atoms with Gasteiger partial charge >= 0.3 is 6.03 Å². The molecule has 0 saturated carbocycles.